The molecule has 122 valence electrons. The van der Waals surface area contributed by atoms with Gasteiger partial charge in [0.05, 0.1) is 6.54 Å². The third kappa shape index (κ3) is 3.43. The van der Waals surface area contributed by atoms with Crippen molar-refractivity contribution < 1.29 is 9.53 Å². The van der Waals surface area contributed by atoms with E-state index in [4.69, 9.17) is 4.74 Å². The molecular formula is C18H17N3O3. The molecule has 0 unspecified atom stereocenters. The Bertz CT molecular complexity index is 917. The van der Waals surface area contributed by atoms with Crippen LogP contribution in [0.4, 0.5) is 0 Å². The van der Waals surface area contributed by atoms with Crippen LogP contribution in [0.25, 0.3) is 5.65 Å². The molecule has 1 aromatic carbocycles. The summed E-state index contributed by atoms with van der Waals surface area (Å²) in [6.45, 7) is 2.61. The average molecular weight is 323 g/mol. The maximum absolute atomic E-state index is 12.3. The molecule has 24 heavy (non-hydrogen) atoms. The van der Waals surface area contributed by atoms with Crippen molar-refractivity contribution in [1.29, 1.82) is 0 Å². The van der Waals surface area contributed by atoms with Crippen molar-refractivity contribution >= 4 is 11.6 Å². The number of nitrogens with one attached hydrogen (secondary N) is 1. The number of rotatable bonds is 5. The zero-order chi connectivity index (χ0) is 16.9. The summed E-state index contributed by atoms with van der Waals surface area (Å²) in [5.41, 5.74) is 1.27. The number of aromatic nitrogens is 2. The highest BCUT2D eigenvalue weighted by molar-refractivity contribution is 5.93. The molecule has 0 aliphatic rings. The molecule has 0 saturated carbocycles. The fraction of sp³-hybridized carbons (Fsp3) is 0.167. The first-order valence-electron chi connectivity index (χ1n) is 7.59. The molecule has 3 aromatic rings. The third-order valence-corrected chi connectivity index (χ3v) is 3.54. The molecule has 1 N–H and O–H groups in total. The van der Waals surface area contributed by atoms with E-state index in [-0.39, 0.29) is 5.56 Å². The lowest BCUT2D eigenvalue weighted by Gasteiger charge is -2.08. The van der Waals surface area contributed by atoms with Gasteiger partial charge in [0.2, 0.25) is 0 Å². The number of fused-ring (bicyclic) bond motifs is 1. The van der Waals surface area contributed by atoms with E-state index in [0.29, 0.717) is 18.8 Å². The van der Waals surface area contributed by atoms with Crippen LogP contribution in [0.1, 0.15) is 15.9 Å². The quantitative estimate of drug-likeness (QED) is 0.727. The first-order chi connectivity index (χ1) is 11.6. The largest absolute Gasteiger partial charge is 0.492 e. The summed E-state index contributed by atoms with van der Waals surface area (Å²) in [6, 6.07) is 12.9. The SMILES string of the molecule is Cc1ccc(OCCNC(=O)c2cnc3ccccn3c2=O)cc1. The molecule has 0 bridgehead atoms. The number of ether oxygens (including phenoxy) is 1. The molecule has 0 aliphatic heterocycles. The van der Waals surface area contributed by atoms with Crippen LogP contribution in [0.2, 0.25) is 0 Å². The second-order valence-electron chi connectivity index (χ2n) is 5.32. The predicted octanol–water partition coefficient (Wildman–Crippen LogP) is 1.81. The second kappa shape index (κ2) is 6.95. The number of hydrogen-bond donors (Lipinski definition) is 1. The second-order valence-corrected chi connectivity index (χ2v) is 5.32. The normalized spacial score (nSPS) is 10.5. The maximum atomic E-state index is 12.3. The van der Waals surface area contributed by atoms with Gasteiger partial charge in [-0.2, -0.15) is 0 Å². The first kappa shape index (κ1) is 15.7. The van der Waals surface area contributed by atoms with Crippen LogP contribution in [0, 0.1) is 6.92 Å². The van der Waals surface area contributed by atoms with Crippen LogP contribution in [-0.2, 0) is 0 Å². The van der Waals surface area contributed by atoms with Crippen molar-refractivity contribution in [3.05, 3.63) is 76.3 Å². The molecular weight excluding hydrogens is 306 g/mol. The van der Waals surface area contributed by atoms with Crippen molar-refractivity contribution in [1.82, 2.24) is 14.7 Å². The van der Waals surface area contributed by atoms with Crippen LogP contribution in [0.3, 0.4) is 0 Å². The Morgan fingerprint density at radius 3 is 2.79 bits per heavy atom. The maximum Gasteiger partial charge on any atom is 0.270 e. The van der Waals surface area contributed by atoms with Crippen LogP contribution >= 0.6 is 0 Å². The molecule has 1 amide bonds. The van der Waals surface area contributed by atoms with Crippen LogP contribution in [0.15, 0.2) is 59.7 Å². The van der Waals surface area contributed by atoms with Crippen LogP contribution < -0.4 is 15.6 Å². The zero-order valence-electron chi connectivity index (χ0n) is 13.2. The van der Waals surface area contributed by atoms with Gasteiger partial charge in [-0.05, 0) is 31.2 Å². The summed E-state index contributed by atoms with van der Waals surface area (Å²) in [5, 5.41) is 2.67. The summed E-state index contributed by atoms with van der Waals surface area (Å²) in [7, 11) is 0. The zero-order valence-corrected chi connectivity index (χ0v) is 13.2. The number of hydrogen-bond acceptors (Lipinski definition) is 4. The molecule has 0 radical (unpaired) electrons. The monoisotopic (exact) mass is 323 g/mol. The van der Waals surface area contributed by atoms with Crippen molar-refractivity contribution in [2.45, 2.75) is 6.92 Å². The highest BCUT2D eigenvalue weighted by atomic mass is 16.5. The molecule has 6 nitrogen and oxygen atoms in total. The van der Waals surface area contributed by atoms with Gasteiger partial charge in [0.15, 0.2) is 0 Å². The fourth-order valence-electron chi connectivity index (χ4n) is 2.25. The van der Waals surface area contributed by atoms with E-state index in [1.54, 1.807) is 24.4 Å². The summed E-state index contributed by atoms with van der Waals surface area (Å²) >= 11 is 0. The minimum atomic E-state index is -0.460. The lowest BCUT2D eigenvalue weighted by molar-refractivity contribution is 0.0945. The van der Waals surface area contributed by atoms with Gasteiger partial charge in [-0.15, -0.1) is 0 Å². The topological polar surface area (TPSA) is 72.7 Å². The van der Waals surface area contributed by atoms with E-state index in [0.717, 1.165) is 11.3 Å². The molecule has 0 aliphatic carbocycles. The average Bonchev–Trinajstić information content (AvgIpc) is 2.60. The van der Waals surface area contributed by atoms with Crippen molar-refractivity contribution in [2.75, 3.05) is 13.2 Å². The van der Waals surface area contributed by atoms with Gasteiger partial charge < -0.3 is 10.1 Å². The number of pyridine rings is 1. The third-order valence-electron chi connectivity index (χ3n) is 3.54. The van der Waals surface area contributed by atoms with E-state index >= 15 is 0 Å². The smallest absolute Gasteiger partial charge is 0.270 e. The minimum Gasteiger partial charge on any atom is -0.492 e. The Balaban J connectivity index is 1.60. The number of aryl methyl sites for hydroxylation is 1. The predicted molar refractivity (Wildman–Crippen MR) is 90.5 cm³/mol. The number of amides is 1. The van der Waals surface area contributed by atoms with Gasteiger partial charge in [-0.3, -0.25) is 14.0 Å². The van der Waals surface area contributed by atoms with Crippen molar-refractivity contribution in [2.24, 2.45) is 0 Å². The van der Waals surface area contributed by atoms with Gasteiger partial charge in [-0.25, -0.2) is 4.98 Å². The Morgan fingerprint density at radius 1 is 1.21 bits per heavy atom. The van der Waals surface area contributed by atoms with E-state index in [9.17, 15) is 9.59 Å². The molecule has 0 saturated heterocycles. The molecule has 2 aromatic heterocycles. The van der Waals surface area contributed by atoms with Crippen molar-refractivity contribution in [3.63, 3.8) is 0 Å². The van der Waals surface area contributed by atoms with Gasteiger partial charge in [0.1, 0.15) is 23.6 Å². The number of carbonyl (C=O) groups excluding carboxylic acids is 1. The lowest BCUT2D eigenvalue weighted by Crippen LogP contribution is -2.33. The summed E-state index contributed by atoms with van der Waals surface area (Å²) in [4.78, 5) is 28.6. The van der Waals surface area contributed by atoms with E-state index in [2.05, 4.69) is 10.3 Å². The summed E-state index contributed by atoms with van der Waals surface area (Å²) in [6.07, 6.45) is 2.88. The van der Waals surface area contributed by atoms with Gasteiger partial charge >= 0.3 is 0 Å². The molecule has 3 rings (SSSR count). The van der Waals surface area contributed by atoms with E-state index in [1.165, 1.54) is 10.6 Å². The molecule has 0 fully saturated rings. The Hall–Kier alpha value is -3.15. The number of benzene rings is 1. The number of nitrogens with zero attached hydrogens (tertiary/aromatic N) is 2. The van der Waals surface area contributed by atoms with Crippen molar-refractivity contribution in [3.8, 4) is 5.75 Å². The first-order valence-corrected chi connectivity index (χ1v) is 7.59. The standard InChI is InChI=1S/C18H17N3O3/c1-13-5-7-14(8-6-13)24-11-9-19-17(22)15-12-20-16-4-2-3-10-21(16)18(15)23/h2-8,10,12H,9,11H2,1H3,(H,19,22). The van der Waals surface area contributed by atoms with Gasteiger partial charge in [-0.1, -0.05) is 23.8 Å². The highest BCUT2D eigenvalue weighted by Crippen LogP contribution is 2.10. The van der Waals surface area contributed by atoms with E-state index < -0.39 is 11.5 Å². The fourth-order valence-corrected chi connectivity index (χ4v) is 2.25. The summed E-state index contributed by atoms with van der Waals surface area (Å²) < 4.78 is 6.88. The Kier molecular flexibility index (Phi) is 4.56. The van der Waals surface area contributed by atoms with Gasteiger partial charge in [0.25, 0.3) is 11.5 Å². The van der Waals surface area contributed by atoms with E-state index in [1.807, 2.05) is 31.2 Å². The molecule has 0 spiro atoms. The Morgan fingerprint density at radius 2 is 2.00 bits per heavy atom. The molecule has 2 heterocycles. The summed E-state index contributed by atoms with van der Waals surface area (Å²) in [5.74, 6) is 0.278. The van der Waals surface area contributed by atoms with Gasteiger partial charge in [0, 0.05) is 12.4 Å². The Labute approximate surface area is 138 Å². The molecule has 0 atom stereocenters. The molecule has 6 heteroatoms. The lowest BCUT2D eigenvalue weighted by atomic mass is 10.2. The number of carbonyl (C=O) groups is 1. The van der Waals surface area contributed by atoms with Crippen LogP contribution in [-0.4, -0.2) is 28.4 Å². The van der Waals surface area contributed by atoms with Crippen LogP contribution in [0.5, 0.6) is 5.75 Å². The minimum absolute atomic E-state index is 0.00837. The highest BCUT2D eigenvalue weighted by Gasteiger charge is 2.12.